The number of rotatable bonds is 0. The van der Waals surface area contributed by atoms with Crippen LogP contribution in [0.2, 0.25) is 0 Å². The van der Waals surface area contributed by atoms with Gasteiger partial charge in [0.25, 0.3) is 0 Å². The lowest BCUT2D eigenvalue weighted by atomic mass is 10.1. The molecule has 1 aromatic carbocycles. The van der Waals surface area contributed by atoms with E-state index in [2.05, 4.69) is 11.8 Å². The second kappa shape index (κ2) is 4.45. The van der Waals surface area contributed by atoms with E-state index >= 15 is 0 Å². The predicted octanol–water partition coefficient (Wildman–Crippen LogP) is 2.69. The molecule has 1 N–H and O–H groups in total. The highest BCUT2D eigenvalue weighted by Crippen LogP contribution is 2.17. The van der Waals surface area contributed by atoms with Crippen LogP contribution in [0.15, 0.2) is 12.1 Å². The summed E-state index contributed by atoms with van der Waals surface area (Å²) in [5.74, 6) is 2.95. The third kappa shape index (κ3) is 3.43. The van der Waals surface area contributed by atoms with Crippen molar-refractivity contribution in [3.63, 3.8) is 0 Å². The third-order valence-electron chi connectivity index (χ3n) is 1.54. The zero-order chi connectivity index (χ0) is 11.6. The van der Waals surface area contributed by atoms with Crippen molar-refractivity contribution in [2.24, 2.45) is 0 Å². The molecule has 4 heteroatoms. The van der Waals surface area contributed by atoms with Gasteiger partial charge in [0.15, 0.2) is 11.6 Å². The Bertz CT molecular complexity index is 438. The van der Waals surface area contributed by atoms with Crippen LogP contribution in [-0.4, -0.2) is 10.7 Å². The molecule has 0 saturated heterocycles. The molecule has 1 aromatic rings. The van der Waals surface area contributed by atoms with Gasteiger partial charge in [-0.05, 0) is 48.6 Å². The van der Waals surface area contributed by atoms with E-state index in [4.69, 9.17) is 0 Å². The third-order valence-corrected chi connectivity index (χ3v) is 2.37. The number of aliphatic hydroxyl groups is 1. The van der Waals surface area contributed by atoms with Crippen LogP contribution in [0.4, 0.5) is 8.78 Å². The lowest BCUT2D eigenvalue weighted by Crippen LogP contribution is -2.14. The summed E-state index contributed by atoms with van der Waals surface area (Å²) in [6.07, 6.45) is 0. The van der Waals surface area contributed by atoms with Gasteiger partial charge in [0.05, 0.1) is 9.13 Å². The topological polar surface area (TPSA) is 20.2 Å². The van der Waals surface area contributed by atoms with Crippen molar-refractivity contribution >= 4 is 22.6 Å². The molecule has 80 valence electrons. The molecule has 0 fully saturated rings. The van der Waals surface area contributed by atoms with Gasteiger partial charge in [-0.15, -0.1) is 0 Å². The first-order chi connectivity index (χ1) is 6.81. The summed E-state index contributed by atoms with van der Waals surface area (Å²) in [4.78, 5) is 0. The maximum Gasteiger partial charge on any atom is 0.175 e. The van der Waals surface area contributed by atoms with E-state index in [9.17, 15) is 13.9 Å². The normalized spacial score (nSPS) is 10.8. The minimum absolute atomic E-state index is 0.0463. The van der Waals surface area contributed by atoms with Gasteiger partial charge in [0, 0.05) is 0 Å². The Balaban J connectivity index is 3.17. The summed E-state index contributed by atoms with van der Waals surface area (Å²) in [6, 6.07) is 2.83. The van der Waals surface area contributed by atoms with Crippen LogP contribution in [0.25, 0.3) is 0 Å². The number of benzene rings is 1. The Morgan fingerprint density at radius 1 is 1.27 bits per heavy atom. The fourth-order valence-electron chi connectivity index (χ4n) is 0.843. The van der Waals surface area contributed by atoms with Gasteiger partial charge in [-0.25, -0.2) is 8.78 Å². The summed E-state index contributed by atoms with van der Waals surface area (Å²) in [5, 5.41) is 9.30. The van der Waals surface area contributed by atoms with E-state index in [0.717, 1.165) is 0 Å². The highest BCUT2D eigenvalue weighted by Gasteiger charge is 2.11. The zero-order valence-corrected chi connectivity index (χ0v) is 10.4. The summed E-state index contributed by atoms with van der Waals surface area (Å²) in [5.41, 5.74) is -1.26. The average molecular weight is 322 g/mol. The number of hydrogen-bond donors (Lipinski definition) is 1. The second-order valence-corrected chi connectivity index (χ2v) is 4.69. The van der Waals surface area contributed by atoms with E-state index < -0.39 is 17.2 Å². The monoisotopic (exact) mass is 322 g/mol. The van der Waals surface area contributed by atoms with Crippen LogP contribution >= 0.6 is 22.6 Å². The first-order valence-electron chi connectivity index (χ1n) is 4.20. The smallest absolute Gasteiger partial charge is 0.175 e. The first-order valence-corrected chi connectivity index (χ1v) is 5.28. The summed E-state index contributed by atoms with van der Waals surface area (Å²) in [6.45, 7) is 2.95. The van der Waals surface area contributed by atoms with Crippen LogP contribution in [0.1, 0.15) is 19.4 Å². The molecule has 1 rings (SSSR count). The van der Waals surface area contributed by atoms with Gasteiger partial charge >= 0.3 is 0 Å². The molecular weight excluding hydrogens is 313 g/mol. The lowest BCUT2D eigenvalue weighted by molar-refractivity contribution is 0.143. The van der Waals surface area contributed by atoms with Gasteiger partial charge in [-0.1, -0.05) is 11.8 Å². The van der Waals surface area contributed by atoms with E-state index in [1.807, 2.05) is 0 Å². The van der Waals surface area contributed by atoms with E-state index in [-0.39, 0.29) is 9.13 Å². The Morgan fingerprint density at radius 2 is 1.87 bits per heavy atom. The van der Waals surface area contributed by atoms with Crippen molar-refractivity contribution in [3.8, 4) is 11.8 Å². The molecule has 0 bridgehead atoms. The Hall–Kier alpha value is -0.670. The molecule has 15 heavy (non-hydrogen) atoms. The standard InChI is InChI=1S/C11H9F2IO/c1-11(2,15)6-5-7-3-4-8(14)10(13)9(7)12/h3-4,15H,1-2H3. The van der Waals surface area contributed by atoms with Crippen LogP contribution in [0.5, 0.6) is 0 Å². The van der Waals surface area contributed by atoms with Crippen molar-refractivity contribution in [1.82, 2.24) is 0 Å². The van der Waals surface area contributed by atoms with Crippen molar-refractivity contribution in [2.75, 3.05) is 0 Å². The summed E-state index contributed by atoms with van der Waals surface area (Å²) in [7, 11) is 0. The van der Waals surface area contributed by atoms with Gasteiger partial charge in [0.1, 0.15) is 5.60 Å². The van der Waals surface area contributed by atoms with Gasteiger partial charge in [0.2, 0.25) is 0 Å². The largest absolute Gasteiger partial charge is 0.378 e. The highest BCUT2D eigenvalue weighted by atomic mass is 127. The van der Waals surface area contributed by atoms with Gasteiger partial charge in [-0.2, -0.15) is 0 Å². The summed E-state index contributed by atoms with van der Waals surface area (Å²) >= 11 is 1.70. The van der Waals surface area contributed by atoms with Crippen molar-refractivity contribution in [2.45, 2.75) is 19.4 Å². The second-order valence-electron chi connectivity index (χ2n) is 3.53. The van der Waals surface area contributed by atoms with Crippen molar-refractivity contribution < 1.29 is 13.9 Å². The summed E-state index contributed by atoms with van der Waals surface area (Å²) < 4.78 is 26.6. The molecule has 0 aliphatic carbocycles. The predicted molar refractivity (Wildman–Crippen MR) is 62.3 cm³/mol. The fraction of sp³-hybridized carbons (Fsp3) is 0.273. The molecular formula is C11H9F2IO. The quantitative estimate of drug-likeness (QED) is 0.442. The lowest BCUT2D eigenvalue weighted by Gasteiger charge is -2.06. The SMILES string of the molecule is CC(C)(O)C#Cc1ccc(I)c(F)c1F. The molecule has 1 nitrogen and oxygen atoms in total. The molecule has 0 unspecified atom stereocenters. The number of halogens is 3. The highest BCUT2D eigenvalue weighted by molar-refractivity contribution is 14.1. The van der Waals surface area contributed by atoms with E-state index in [1.165, 1.54) is 26.0 Å². The molecule has 0 atom stereocenters. The molecule has 0 spiro atoms. The fourth-order valence-corrected chi connectivity index (χ4v) is 1.26. The molecule has 0 radical (unpaired) electrons. The Morgan fingerprint density at radius 3 is 2.40 bits per heavy atom. The molecule has 0 aliphatic rings. The Kier molecular flexibility index (Phi) is 3.68. The molecule has 0 saturated carbocycles. The molecule has 0 amide bonds. The first kappa shape index (κ1) is 12.4. The van der Waals surface area contributed by atoms with Gasteiger partial charge in [-0.3, -0.25) is 0 Å². The van der Waals surface area contributed by atoms with Crippen LogP contribution in [0.3, 0.4) is 0 Å². The van der Waals surface area contributed by atoms with Gasteiger partial charge < -0.3 is 5.11 Å². The Labute approximate surface area is 101 Å². The average Bonchev–Trinajstić information content (AvgIpc) is 2.12. The van der Waals surface area contributed by atoms with Crippen LogP contribution in [0, 0.1) is 27.0 Å². The zero-order valence-electron chi connectivity index (χ0n) is 8.24. The van der Waals surface area contributed by atoms with E-state index in [0.29, 0.717) is 0 Å². The minimum Gasteiger partial charge on any atom is -0.378 e. The van der Waals surface area contributed by atoms with Crippen molar-refractivity contribution in [1.29, 1.82) is 0 Å². The molecule has 0 aromatic heterocycles. The van der Waals surface area contributed by atoms with Crippen LogP contribution in [-0.2, 0) is 0 Å². The van der Waals surface area contributed by atoms with Crippen LogP contribution < -0.4 is 0 Å². The molecule has 0 heterocycles. The van der Waals surface area contributed by atoms with Crippen molar-refractivity contribution in [3.05, 3.63) is 32.9 Å². The molecule has 0 aliphatic heterocycles. The maximum absolute atomic E-state index is 13.3. The minimum atomic E-state index is -1.22. The number of hydrogen-bond acceptors (Lipinski definition) is 1. The maximum atomic E-state index is 13.3. The van der Waals surface area contributed by atoms with E-state index in [1.54, 1.807) is 22.6 Å².